The van der Waals surface area contributed by atoms with E-state index in [4.69, 9.17) is 18.9 Å². The third-order valence-corrected chi connectivity index (χ3v) is 17.9. The zero-order valence-corrected chi connectivity index (χ0v) is 22.4. The van der Waals surface area contributed by atoms with Crippen LogP contribution in [-0.4, -0.2) is 73.1 Å². The summed E-state index contributed by atoms with van der Waals surface area (Å²) in [6.45, 7) is 3.58. The number of unbranched alkanes of at least 4 members (excludes halogenated alkanes) is 6. The summed E-state index contributed by atoms with van der Waals surface area (Å²) in [5, 5.41) is 0. The van der Waals surface area contributed by atoms with Crippen LogP contribution in [-0.2, 0) is 18.9 Å². The summed E-state index contributed by atoms with van der Waals surface area (Å²) in [5.74, 6) is 0. The standard InChI is InChI=1S/C22H42O4Te2/c1(7-15-23-21-13-5-9-17-25-21)3-11-19-27-28-20-12-4-2-8-16-24-22-14-6-10-18-26-22/h21-22H,1-20H2. The van der Waals surface area contributed by atoms with Crippen molar-refractivity contribution < 1.29 is 18.9 Å². The summed E-state index contributed by atoms with van der Waals surface area (Å²) in [6.07, 6.45) is 18.2. The van der Waals surface area contributed by atoms with Gasteiger partial charge < -0.3 is 0 Å². The second-order valence-corrected chi connectivity index (χ2v) is 20.5. The molecule has 0 amide bonds. The van der Waals surface area contributed by atoms with Crippen LogP contribution in [0, 0.1) is 0 Å². The summed E-state index contributed by atoms with van der Waals surface area (Å²) in [5.41, 5.74) is 0. The molecule has 0 aromatic rings. The molecule has 2 heterocycles. The van der Waals surface area contributed by atoms with E-state index in [0.29, 0.717) is 34.1 Å². The third-order valence-electron chi connectivity index (χ3n) is 5.21. The minimum absolute atomic E-state index is 0.102. The molecule has 4 nitrogen and oxygen atoms in total. The Balaban J connectivity index is 1.20. The monoisotopic (exact) mass is 630 g/mol. The first-order valence-corrected chi connectivity index (χ1v) is 22.3. The molecule has 28 heavy (non-hydrogen) atoms. The van der Waals surface area contributed by atoms with Crippen LogP contribution in [0.2, 0.25) is 8.94 Å². The average Bonchev–Trinajstić information content (AvgIpc) is 2.75. The maximum atomic E-state index is 5.80. The second-order valence-electron chi connectivity index (χ2n) is 7.81. The fourth-order valence-corrected chi connectivity index (χ4v) is 15.0. The van der Waals surface area contributed by atoms with E-state index in [1.54, 1.807) is 8.94 Å². The van der Waals surface area contributed by atoms with Crippen LogP contribution in [0.15, 0.2) is 0 Å². The van der Waals surface area contributed by atoms with E-state index in [1.165, 1.54) is 77.0 Å². The molecule has 2 saturated heterocycles. The van der Waals surface area contributed by atoms with E-state index in [0.717, 1.165) is 39.3 Å². The molecule has 2 atom stereocenters. The number of ether oxygens (including phenoxy) is 4. The summed E-state index contributed by atoms with van der Waals surface area (Å²) in [4.78, 5) is 0. The second kappa shape index (κ2) is 19.1. The van der Waals surface area contributed by atoms with Crippen LogP contribution in [0.4, 0.5) is 0 Å². The molecule has 6 heteroatoms. The molecule has 0 aliphatic carbocycles. The Bertz CT molecular complexity index is 302. The van der Waals surface area contributed by atoms with Gasteiger partial charge in [0.2, 0.25) is 0 Å². The van der Waals surface area contributed by atoms with Gasteiger partial charge in [-0.15, -0.1) is 0 Å². The first kappa shape index (κ1) is 25.7. The van der Waals surface area contributed by atoms with Crippen molar-refractivity contribution in [3.63, 3.8) is 0 Å². The van der Waals surface area contributed by atoms with Crippen molar-refractivity contribution in [2.24, 2.45) is 0 Å². The van der Waals surface area contributed by atoms with Gasteiger partial charge in [-0.2, -0.15) is 0 Å². The Labute approximate surface area is 189 Å². The van der Waals surface area contributed by atoms with E-state index in [-0.39, 0.29) is 12.6 Å². The van der Waals surface area contributed by atoms with E-state index < -0.39 is 0 Å². The summed E-state index contributed by atoms with van der Waals surface area (Å²) in [6, 6.07) is 0. The van der Waals surface area contributed by atoms with Gasteiger partial charge in [0.05, 0.1) is 0 Å². The van der Waals surface area contributed by atoms with Gasteiger partial charge in [-0.25, -0.2) is 0 Å². The van der Waals surface area contributed by atoms with Gasteiger partial charge in [-0.05, 0) is 0 Å². The van der Waals surface area contributed by atoms with Crippen LogP contribution in [0.1, 0.15) is 89.9 Å². The zero-order valence-electron chi connectivity index (χ0n) is 17.7. The SMILES string of the molecule is C(CCC[Te][Te]CCCCCCOC1CCCCO1)CCOC1CCCCO1. The van der Waals surface area contributed by atoms with E-state index in [9.17, 15) is 0 Å². The molecule has 166 valence electrons. The molecule has 0 N–H and O–H groups in total. The fourth-order valence-electron chi connectivity index (χ4n) is 3.47. The van der Waals surface area contributed by atoms with Gasteiger partial charge in [0.1, 0.15) is 0 Å². The number of hydrogen-bond donors (Lipinski definition) is 0. The average molecular weight is 626 g/mol. The topological polar surface area (TPSA) is 36.9 Å². The van der Waals surface area contributed by atoms with Crippen molar-refractivity contribution in [3.05, 3.63) is 0 Å². The van der Waals surface area contributed by atoms with Gasteiger partial charge in [0, 0.05) is 0 Å². The Kier molecular flexibility index (Phi) is 17.5. The van der Waals surface area contributed by atoms with Crippen molar-refractivity contribution >= 4 is 34.1 Å². The molecule has 2 aliphatic heterocycles. The molecule has 0 radical (unpaired) electrons. The Morgan fingerprint density at radius 2 is 1.04 bits per heavy atom. The molecule has 2 rings (SSSR count). The molecular formula is C22H42O4Te2. The first-order chi connectivity index (χ1) is 13.9. The maximum absolute atomic E-state index is 5.80. The fraction of sp³-hybridized carbons (Fsp3) is 1.00. The Morgan fingerprint density at radius 3 is 1.46 bits per heavy atom. The summed E-state index contributed by atoms with van der Waals surface area (Å²) in [7, 11) is 0. The third kappa shape index (κ3) is 14.4. The predicted octanol–water partition coefficient (Wildman–Crippen LogP) is 5.35. The van der Waals surface area contributed by atoms with Crippen LogP contribution >= 0.6 is 0 Å². The van der Waals surface area contributed by atoms with Gasteiger partial charge in [0.15, 0.2) is 0 Å². The van der Waals surface area contributed by atoms with Crippen molar-refractivity contribution in [1.29, 1.82) is 0 Å². The normalized spacial score (nSPS) is 23.1. The van der Waals surface area contributed by atoms with Crippen LogP contribution < -0.4 is 0 Å². The van der Waals surface area contributed by atoms with Crippen molar-refractivity contribution in [1.82, 2.24) is 0 Å². The summed E-state index contributed by atoms with van der Waals surface area (Å²) < 4.78 is 26.0. The first-order valence-electron chi connectivity index (χ1n) is 11.7. The molecule has 0 bridgehead atoms. The molecule has 2 fully saturated rings. The van der Waals surface area contributed by atoms with Crippen LogP contribution in [0.25, 0.3) is 0 Å². The molecule has 2 unspecified atom stereocenters. The molecule has 0 saturated carbocycles. The zero-order chi connectivity index (χ0) is 19.5. The molecule has 0 aromatic heterocycles. The van der Waals surface area contributed by atoms with Crippen LogP contribution in [0.5, 0.6) is 0 Å². The molecule has 2 aliphatic rings. The quantitative estimate of drug-likeness (QED) is 0.161. The molecule has 0 aromatic carbocycles. The Morgan fingerprint density at radius 1 is 0.571 bits per heavy atom. The van der Waals surface area contributed by atoms with Gasteiger partial charge in [0.25, 0.3) is 0 Å². The number of rotatable bonds is 17. The van der Waals surface area contributed by atoms with Crippen molar-refractivity contribution in [3.8, 4) is 0 Å². The van der Waals surface area contributed by atoms with Crippen molar-refractivity contribution in [2.45, 2.75) is 111 Å². The summed E-state index contributed by atoms with van der Waals surface area (Å²) >= 11 is 0.826. The van der Waals surface area contributed by atoms with Crippen molar-refractivity contribution in [2.75, 3.05) is 26.4 Å². The van der Waals surface area contributed by atoms with Gasteiger partial charge >= 0.3 is 191 Å². The van der Waals surface area contributed by atoms with Crippen LogP contribution in [0.3, 0.4) is 0 Å². The van der Waals surface area contributed by atoms with Gasteiger partial charge in [-0.3, -0.25) is 0 Å². The predicted molar refractivity (Wildman–Crippen MR) is 117 cm³/mol. The van der Waals surface area contributed by atoms with Gasteiger partial charge in [-0.1, -0.05) is 0 Å². The Hall–Kier alpha value is 1.42. The minimum atomic E-state index is 0.102. The van der Waals surface area contributed by atoms with E-state index >= 15 is 0 Å². The number of hydrogen-bond acceptors (Lipinski definition) is 4. The van der Waals surface area contributed by atoms with E-state index in [1.807, 2.05) is 0 Å². The molecular weight excluding hydrogens is 583 g/mol. The molecule has 0 spiro atoms. The van der Waals surface area contributed by atoms with E-state index in [2.05, 4.69) is 0 Å².